The van der Waals surface area contributed by atoms with Gasteiger partial charge in [-0.1, -0.05) is 70.8 Å². The first kappa shape index (κ1) is 15.7. The van der Waals surface area contributed by atoms with Crippen molar-refractivity contribution in [2.24, 2.45) is 5.73 Å². The number of unbranched alkanes of at least 4 members (excludes halogenated alkanes) is 8. The normalized spacial score (nSPS) is 12.8. The van der Waals surface area contributed by atoms with Gasteiger partial charge in [-0.15, -0.1) is 11.3 Å². The van der Waals surface area contributed by atoms with Gasteiger partial charge in [-0.25, -0.2) is 0 Å². The summed E-state index contributed by atoms with van der Waals surface area (Å²) in [5.41, 5.74) is 6.15. The average Bonchev–Trinajstić information content (AvgIpc) is 2.90. The standard InChI is InChI=1S/C16H29NS/c1-2-3-4-5-6-7-8-9-10-12-15(17)16-13-11-14-18-16/h11,13-15H,2-10,12,17H2,1H3. The molecule has 2 N–H and O–H groups in total. The minimum Gasteiger partial charge on any atom is -0.323 e. The lowest BCUT2D eigenvalue weighted by Crippen LogP contribution is -2.07. The SMILES string of the molecule is CCCCCCCCCCCC(N)c1cccs1. The van der Waals surface area contributed by atoms with Crippen molar-refractivity contribution in [1.82, 2.24) is 0 Å². The maximum atomic E-state index is 6.15. The summed E-state index contributed by atoms with van der Waals surface area (Å²) in [5.74, 6) is 0. The van der Waals surface area contributed by atoms with Gasteiger partial charge in [0, 0.05) is 10.9 Å². The summed E-state index contributed by atoms with van der Waals surface area (Å²) in [4.78, 5) is 1.34. The molecule has 0 aliphatic heterocycles. The van der Waals surface area contributed by atoms with Crippen LogP contribution in [0.15, 0.2) is 17.5 Å². The van der Waals surface area contributed by atoms with Gasteiger partial charge in [0.05, 0.1) is 0 Å². The predicted molar refractivity (Wildman–Crippen MR) is 83.1 cm³/mol. The van der Waals surface area contributed by atoms with Crippen LogP contribution in [0, 0.1) is 0 Å². The van der Waals surface area contributed by atoms with Crippen LogP contribution in [0.3, 0.4) is 0 Å². The zero-order valence-corrected chi connectivity index (χ0v) is 12.7. The summed E-state index contributed by atoms with van der Waals surface area (Å²) in [7, 11) is 0. The third-order valence-electron chi connectivity index (χ3n) is 3.53. The summed E-state index contributed by atoms with van der Waals surface area (Å²) in [6.07, 6.45) is 13.6. The molecule has 18 heavy (non-hydrogen) atoms. The maximum Gasteiger partial charge on any atom is 0.0389 e. The van der Waals surface area contributed by atoms with Crippen molar-refractivity contribution in [3.8, 4) is 0 Å². The highest BCUT2D eigenvalue weighted by Gasteiger charge is 2.05. The van der Waals surface area contributed by atoms with Crippen LogP contribution < -0.4 is 5.73 Å². The smallest absolute Gasteiger partial charge is 0.0389 e. The molecule has 0 aliphatic carbocycles. The van der Waals surface area contributed by atoms with Gasteiger partial charge in [0.25, 0.3) is 0 Å². The molecule has 0 amide bonds. The van der Waals surface area contributed by atoms with Crippen LogP contribution in [0.4, 0.5) is 0 Å². The molecular formula is C16H29NS. The molecular weight excluding hydrogens is 238 g/mol. The first-order valence-corrected chi connectivity index (χ1v) is 8.51. The van der Waals surface area contributed by atoms with E-state index in [-0.39, 0.29) is 6.04 Å². The Morgan fingerprint density at radius 1 is 1.00 bits per heavy atom. The molecule has 104 valence electrons. The van der Waals surface area contributed by atoms with Crippen molar-refractivity contribution >= 4 is 11.3 Å². The van der Waals surface area contributed by atoms with Crippen LogP contribution in [-0.2, 0) is 0 Å². The van der Waals surface area contributed by atoms with E-state index in [0.29, 0.717) is 0 Å². The highest BCUT2D eigenvalue weighted by Crippen LogP contribution is 2.22. The van der Waals surface area contributed by atoms with Gasteiger partial charge >= 0.3 is 0 Å². The lowest BCUT2D eigenvalue weighted by atomic mass is 10.0. The van der Waals surface area contributed by atoms with Crippen LogP contribution in [0.2, 0.25) is 0 Å². The maximum absolute atomic E-state index is 6.15. The van der Waals surface area contributed by atoms with Crippen molar-refractivity contribution in [3.63, 3.8) is 0 Å². The van der Waals surface area contributed by atoms with E-state index in [1.165, 1.54) is 62.7 Å². The molecule has 1 unspecified atom stereocenters. The molecule has 0 radical (unpaired) electrons. The van der Waals surface area contributed by atoms with Gasteiger partial charge in [0.2, 0.25) is 0 Å². The number of rotatable bonds is 11. The van der Waals surface area contributed by atoms with E-state index in [1.54, 1.807) is 11.3 Å². The molecule has 0 bridgehead atoms. The van der Waals surface area contributed by atoms with E-state index in [4.69, 9.17) is 5.73 Å². The molecule has 0 aromatic carbocycles. The molecule has 0 saturated carbocycles. The van der Waals surface area contributed by atoms with E-state index in [1.807, 2.05) is 0 Å². The highest BCUT2D eigenvalue weighted by molar-refractivity contribution is 7.10. The third kappa shape index (κ3) is 7.17. The van der Waals surface area contributed by atoms with Crippen molar-refractivity contribution < 1.29 is 0 Å². The minimum absolute atomic E-state index is 0.273. The van der Waals surface area contributed by atoms with Gasteiger partial charge in [-0.3, -0.25) is 0 Å². The first-order valence-electron chi connectivity index (χ1n) is 7.63. The second-order valence-electron chi connectivity index (χ2n) is 5.24. The Morgan fingerprint density at radius 2 is 1.61 bits per heavy atom. The molecule has 2 heteroatoms. The highest BCUT2D eigenvalue weighted by atomic mass is 32.1. The van der Waals surface area contributed by atoms with Crippen molar-refractivity contribution in [3.05, 3.63) is 22.4 Å². The number of hydrogen-bond acceptors (Lipinski definition) is 2. The van der Waals surface area contributed by atoms with Crippen LogP contribution in [0.5, 0.6) is 0 Å². The van der Waals surface area contributed by atoms with Crippen LogP contribution in [-0.4, -0.2) is 0 Å². The zero-order chi connectivity index (χ0) is 13.1. The van der Waals surface area contributed by atoms with E-state index < -0.39 is 0 Å². The van der Waals surface area contributed by atoms with E-state index in [9.17, 15) is 0 Å². The number of nitrogens with two attached hydrogens (primary N) is 1. The summed E-state index contributed by atoms with van der Waals surface area (Å²) in [6, 6.07) is 4.52. The van der Waals surface area contributed by atoms with Crippen molar-refractivity contribution in [2.45, 2.75) is 77.2 Å². The Labute approximate surface area is 117 Å². The predicted octanol–water partition coefficient (Wildman–Crippen LogP) is 5.67. The second kappa shape index (κ2) is 10.6. The molecule has 1 nitrogen and oxygen atoms in total. The number of thiophene rings is 1. The second-order valence-corrected chi connectivity index (χ2v) is 6.22. The molecule has 0 aliphatic rings. The Bertz CT molecular complexity index is 269. The summed E-state index contributed by atoms with van der Waals surface area (Å²) < 4.78 is 0. The molecule has 1 heterocycles. The largest absolute Gasteiger partial charge is 0.323 e. The zero-order valence-electron chi connectivity index (χ0n) is 11.9. The molecule has 0 fully saturated rings. The van der Waals surface area contributed by atoms with E-state index >= 15 is 0 Å². The minimum atomic E-state index is 0.273. The van der Waals surface area contributed by atoms with Crippen molar-refractivity contribution in [1.29, 1.82) is 0 Å². The fourth-order valence-corrected chi connectivity index (χ4v) is 3.08. The molecule has 0 spiro atoms. The molecule has 1 rings (SSSR count). The molecule has 1 aromatic rings. The fraction of sp³-hybridized carbons (Fsp3) is 0.750. The van der Waals surface area contributed by atoms with Crippen LogP contribution >= 0.6 is 11.3 Å². The Hall–Kier alpha value is -0.340. The lowest BCUT2D eigenvalue weighted by Gasteiger charge is -2.08. The van der Waals surface area contributed by atoms with Crippen LogP contribution in [0.1, 0.15) is 82.1 Å². The van der Waals surface area contributed by atoms with Crippen LogP contribution in [0.25, 0.3) is 0 Å². The molecule has 1 aromatic heterocycles. The fourth-order valence-electron chi connectivity index (χ4n) is 2.32. The first-order chi connectivity index (χ1) is 8.84. The van der Waals surface area contributed by atoms with Crippen molar-refractivity contribution in [2.75, 3.05) is 0 Å². The van der Waals surface area contributed by atoms with Gasteiger partial charge < -0.3 is 5.73 Å². The number of hydrogen-bond donors (Lipinski definition) is 1. The summed E-state index contributed by atoms with van der Waals surface area (Å²) in [5, 5.41) is 2.12. The van der Waals surface area contributed by atoms with E-state index in [2.05, 4.69) is 24.4 Å². The Kier molecular flexibility index (Phi) is 9.23. The quantitative estimate of drug-likeness (QED) is 0.514. The third-order valence-corrected chi connectivity index (χ3v) is 4.53. The van der Waals surface area contributed by atoms with Gasteiger partial charge in [-0.2, -0.15) is 0 Å². The average molecular weight is 267 g/mol. The summed E-state index contributed by atoms with van der Waals surface area (Å²) >= 11 is 1.79. The van der Waals surface area contributed by atoms with Gasteiger partial charge in [-0.05, 0) is 17.9 Å². The lowest BCUT2D eigenvalue weighted by molar-refractivity contribution is 0.535. The monoisotopic (exact) mass is 267 g/mol. The Morgan fingerprint density at radius 3 is 2.17 bits per heavy atom. The molecule has 0 saturated heterocycles. The van der Waals surface area contributed by atoms with Gasteiger partial charge in [0.15, 0.2) is 0 Å². The molecule has 1 atom stereocenters. The summed E-state index contributed by atoms with van der Waals surface area (Å²) in [6.45, 7) is 2.27. The van der Waals surface area contributed by atoms with E-state index in [0.717, 1.165) is 6.42 Å². The Balaban J connectivity index is 1.87. The topological polar surface area (TPSA) is 26.0 Å². The van der Waals surface area contributed by atoms with Gasteiger partial charge in [0.1, 0.15) is 0 Å².